The number of nitrogens with one attached hydrogen (secondary N) is 1. The normalized spacial score (nSPS) is 23.1. The Bertz CT molecular complexity index is 1370. The molecule has 2 heterocycles. The molecule has 2 aliphatic heterocycles. The molecule has 2 aromatic carbocycles. The first-order valence-electron chi connectivity index (χ1n) is 15.2. The molecule has 1 spiro atoms. The number of nitrogens with zero attached hydrogens (tertiary/aromatic N) is 1. The molecule has 2 aliphatic rings. The van der Waals surface area contributed by atoms with Crippen LogP contribution in [0, 0.1) is 12.8 Å². The Balaban J connectivity index is 1.62. The van der Waals surface area contributed by atoms with Gasteiger partial charge in [0.2, 0.25) is 12.7 Å². The lowest BCUT2D eigenvalue weighted by Gasteiger charge is -2.52. The van der Waals surface area contributed by atoms with E-state index in [-0.39, 0.29) is 25.0 Å². The van der Waals surface area contributed by atoms with Gasteiger partial charge in [-0.05, 0) is 68.7 Å². The van der Waals surface area contributed by atoms with E-state index in [0.29, 0.717) is 43.2 Å². The molecular formula is C33H42F3N3O6. The van der Waals surface area contributed by atoms with E-state index in [1.165, 1.54) is 4.90 Å². The molecule has 2 saturated heterocycles. The molecule has 45 heavy (non-hydrogen) atoms. The van der Waals surface area contributed by atoms with Crippen molar-refractivity contribution in [3.8, 4) is 0 Å². The number of nitrogens with two attached hydrogens (primary N) is 1. The summed E-state index contributed by atoms with van der Waals surface area (Å²) in [6, 6.07) is 12.1. The Morgan fingerprint density at radius 2 is 1.76 bits per heavy atom. The zero-order chi connectivity index (χ0) is 33.0. The van der Waals surface area contributed by atoms with Gasteiger partial charge in [-0.1, -0.05) is 55.8 Å². The second-order valence-electron chi connectivity index (χ2n) is 12.6. The van der Waals surface area contributed by atoms with Gasteiger partial charge >= 0.3 is 18.2 Å². The predicted octanol–water partition coefficient (Wildman–Crippen LogP) is 5.74. The molecule has 0 aromatic heterocycles. The van der Waals surface area contributed by atoms with E-state index in [4.69, 9.17) is 19.9 Å². The van der Waals surface area contributed by atoms with Crippen molar-refractivity contribution in [2.75, 3.05) is 19.9 Å². The molecule has 2 amide bonds. The van der Waals surface area contributed by atoms with E-state index in [0.717, 1.165) is 17.7 Å². The number of carbonyl (C=O) groups excluding carboxylic acids is 3. The van der Waals surface area contributed by atoms with E-state index >= 15 is 0 Å². The first-order chi connectivity index (χ1) is 21.1. The lowest BCUT2D eigenvalue weighted by atomic mass is 9.74. The average molecular weight is 634 g/mol. The van der Waals surface area contributed by atoms with E-state index in [9.17, 15) is 27.6 Å². The van der Waals surface area contributed by atoms with Gasteiger partial charge in [0, 0.05) is 13.0 Å². The minimum absolute atomic E-state index is 0.0777. The van der Waals surface area contributed by atoms with Gasteiger partial charge in [0.1, 0.15) is 6.04 Å². The molecular weight excluding hydrogens is 591 g/mol. The van der Waals surface area contributed by atoms with Gasteiger partial charge in [-0.15, -0.1) is 0 Å². The van der Waals surface area contributed by atoms with Crippen LogP contribution in [0.1, 0.15) is 81.2 Å². The topological polar surface area (TPSA) is 120 Å². The summed E-state index contributed by atoms with van der Waals surface area (Å²) in [6.45, 7) is 6.44. The zero-order valence-electron chi connectivity index (χ0n) is 26.1. The van der Waals surface area contributed by atoms with Crippen molar-refractivity contribution < 1.29 is 41.8 Å². The summed E-state index contributed by atoms with van der Waals surface area (Å²) in [5.74, 6) is -0.652. The maximum atomic E-state index is 13.8. The summed E-state index contributed by atoms with van der Waals surface area (Å²) >= 11 is 0. The molecule has 0 radical (unpaired) electrons. The summed E-state index contributed by atoms with van der Waals surface area (Å²) in [6.07, 6.45) is -3.95. The van der Waals surface area contributed by atoms with Gasteiger partial charge < -0.3 is 25.3 Å². The number of esters is 1. The number of carbonyl (C=O) groups is 3. The number of piperidine rings is 1. The molecule has 0 bridgehead atoms. The molecule has 9 nitrogen and oxygen atoms in total. The third-order valence-corrected chi connectivity index (χ3v) is 8.64. The summed E-state index contributed by atoms with van der Waals surface area (Å²) in [5.41, 5.74) is 4.85. The molecule has 4 rings (SSSR count). The Morgan fingerprint density at radius 1 is 1.04 bits per heavy atom. The van der Waals surface area contributed by atoms with Crippen molar-refractivity contribution in [3.05, 3.63) is 70.8 Å². The minimum atomic E-state index is -4.52. The van der Waals surface area contributed by atoms with Gasteiger partial charge in [0.05, 0.1) is 29.4 Å². The third-order valence-electron chi connectivity index (χ3n) is 8.64. The quantitative estimate of drug-likeness (QED) is 0.253. The number of hydrogen-bond acceptors (Lipinski definition) is 7. The molecule has 12 heteroatoms. The van der Waals surface area contributed by atoms with Crippen LogP contribution in [-0.4, -0.2) is 54.4 Å². The summed E-state index contributed by atoms with van der Waals surface area (Å²) in [4.78, 5) is 40.0. The Kier molecular flexibility index (Phi) is 10.5. The standard InChI is InChI=1S/C33H42F3N3O6/c1-21(2)14-27(37)29(41)44-20-45-30(42)39-18-31(11-10-28(40)38-31)12-13-32(39,25-8-6-5-7-9-25)19-43-23(4)24-15-22(3)16-26(17-24)33(34,35)36/h5-9,15-17,21,23,27H,10-14,18-20,37H2,1-4H3,(H,38,40)/t23-,27?,31-,32-/m1/s1. The van der Waals surface area contributed by atoms with Crippen molar-refractivity contribution >= 4 is 18.0 Å². The van der Waals surface area contributed by atoms with Crippen LogP contribution in [-0.2, 0) is 35.5 Å². The number of alkyl halides is 3. The molecule has 2 aromatic rings. The molecule has 4 atom stereocenters. The Morgan fingerprint density at radius 3 is 2.38 bits per heavy atom. The smallest absolute Gasteiger partial charge is 0.416 e. The highest BCUT2D eigenvalue weighted by Crippen LogP contribution is 2.45. The Hall–Kier alpha value is -3.64. The molecule has 0 aliphatic carbocycles. The van der Waals surface area contributed by atoms with Crippen LogP contribution >= 0.6 is 0 Å². The van der Waals surface area contributed by atoms with Gasteiger partial charge in [-0.2, -0.15) is 13.2 Å². The van der Waals surface area contributed by atoms with E-state index in [1.54, 1.807) is 19.9 Å². The lowest BCUT2D eigenvalue weighted by Crippen LogP contribution is -2.65. The summed E-state index contributed by atoms with van der Waals surface area (Å²) in [5, 5.41) is 3.03. The molecule has 2 fully saturated rings. The van der Waals surface area contributed by atoms with Crippen LogP contribution in [0.3, 0.4) is 0 Å². The maximum absolute atomic E-state index is 13.8. The lowest BCUT2D eigenvalue weighted by molar-refractivity contribution is -0.156. The highest BCUT2D eigenvalue weighted by atomic mass is 19.4. The molecule has 1 unspecified atom stereocenters. The van der Waals surface area contributed by atoms with Crippen molar-refractivity contribution in [1.82, 2.24) is 10.2 Å². The number of likely N-dealkylation sites (tertiary alicyclic amines) is 1. The van der Waals surface area contributed by atoms with Gasteiger partial charge in [0.15, 0.2) is 0 Å². The number of rotatable bonds is 10. The maximum Gasteiger partial charge on any atom is 0.416 e. The fourth-order valence-electron chi connectivity index (χ4n) is 6.21. The van der Waals surface area contributed by atoms with Crippen molar-refractivity contribution in [1.29, 1.82) is 0 Å². The fourth-order valence-corrected chi connectivity index (χ4v) is 6.21. The van der Waals surface area contributed by atoms with Crippen molar-refractivity contribution in [2.24, 2.45) is 11.7 Å². The van der Waals surface area contributed by atoms with Crippen LogP contribution in [0.25, 0.3) is 0 Å². The zero-order valence-corrected chi connectivity index (χ0v) is 26.1. The molecule has 246 valence electrons. The second-order valence-corrected chi connectivity index (χ2v) is 12.6. The van der Waals surface area contributed by atoms with Crippen LogP contribution in [0.5, 0.6) is 0 Å². The first kappa shape index (κ1) is 34.2. The average Bonchev–Trinajstić information content (AvgIpc) is 3.35. The molecule has 3 N–H and O–H groups in total. The van der Waals surface area contributed by atoms with Crippen molar-refractivity contribution in [2.45, 2.75) is 89.2 Å². The third kappa shape index (κ3) is 8.15. The van der Waals surface area contributed by atoms with Crippen LogP contribution in [0.4, 0.5) is 18.0 Å². The SMILES string of the molecule is Cc1cc([C@@H](C)OC[C@@]2(c3ccccc3)CC[C@]3(CCC(=O)N3)CN2C(=O)OCOC(=O)C(N)CC(C)C)cc(C(F)(F)F)c1. The van der Waals surface area contributed by atoms with Gasteiger partial charge in [-0.25, -0.2) is 4.79 Å². The number of aryl methyl sites for hydroxylation is 1. The largest absolute Gasteiger partial charge is 0.427 e. The van der Waals surface area contributed by atoms with Crippen LogP contribution in [0.15, 0.2) is 48.5 Å². The summed E-state index contributed by atoms with van der Waals surface area (Å²) in [7, 11) is 0. The van der Waals surface area contributed by atoms with E-state index < -0.39 is 53.8 Å². The predicted molar refractivity (Wildman–Crippen MR) is 160 cm³/mol. The number of benzene rings is 2. The van der Waals surface area contributed by atoms with E-state index in [2.05, 4.69) is 5.32 Å². The highest BCUT2D eigenvalue weighted by Gasteiger charge is 2.54. The van der Waals surface area contributed by atoms with Crippen molar-refractivity contribution in [3.63, 3.8) is 0 Å². The second kappa shape index (κ2) is 13.8. The number of ether oxygens (including phenoxy) is 3. The summed E-state index contributed by atoms with van der Waals surface area (Å²) < 4.78 is 57.6. The van der Waals surface area contributed by atoms with Crippen LogP contribution < -0.4 is 11.1 Å². The first-order valence-corrected chi connectivity index (χ1v) is 15.2. The van der Waals surface area contributed by atoms with E-state index in [1.807, 2.05) is 44.2 Å². The fraction of sp³-hybridized carbons (Fsp3) is 0.545. The minimum Gasteiger partial charge on any atom is -0.427 e. The Labute approximate surface area is 261 Å². The number of hydrogen-bond donors (Lipinski definition) is 2. The molecule has 0 saturated carbocycles. The van der Waals surface area contributed by atoms with Gasteiger partial charge in [-0.3, -0.25) is 14.5 Å². The van der Waals surface area contributed by atoms with Gasteiger partial charge in [0.25, 0.3) is 0 Å². The number of halogens is 3. The highest BCUT2D eigenvalue weighted by molar-refractivity contribution is 5.80. The van der Waals surface area contributed by atoms with Crippen LogP contribution in [0.2, 0.25) is 0 Å². The number of amides is 2. The monoisotopic (exact) mass is 633 g/mol.